The molecule has 0 unspecified atom stereocenters. The normalized spacial score (nSPS) is 11.8. The second kappa shape index (κ2) is 4.17. The molecule has 0 atom stereocenters. The van der Waals surface area contributed by atoms with Gasteiger partial charge in [0.25, 0.3) is 0 Å². The minimum atomic E-state index is -0.0685. The predicted molar refractivity (Wildman–Crippen MR) is 27.0 cm³/mol. The molecule has 0 aliphatic heterocycles. The summed E-state index contributed by atoms with van der Waals surface area (Å²) in [4.78, 5) is 0. The standard InChI is InChI=1S/C5H11O2.Ce/c1-5(2,6)4-7-3;/h4H2,1-3H3;/q-1;+1. The van der Waals surface area contributed by atoms with Gasteiger partial charge in [-0.2, -0.15) is 0 Å². The van der Waals surface area contributed by atoms with Gasteiger partial charge in [0.2, 0.25) is 0 Å². The van der Waals surface area contributed by atoms with Gasteiger partial charge in [0.1, 0.15) is 0 Å². The van der Waals surface area contributed by atoms with Gasteiger partial charge in [0, 0.05) is 0 Å². The Morgan fingerprint density at radius 3 is 2.12 bits per heavy atom. The number of hydrogen-bond donors (Lipinski definition) is 0. The van der Waals surface area contributed by atoms with Gasteiger partial charge in [-0.15, -0.1) is 0 Å². The molecule has 0 amide bonds. The van der Waals surface area contributed by atoms with Gasteiger partial charge in [-0.3, -0.25) is 0 Å². The fraction of sp³-hybridized carbons (Fsp3) is 1.00. The first-order valence-corrected chi connectivity index (χ1v) is 3.74. The van der Waals surface area contributed by atoms with Crippen LogP contribution >= 0.6 is 0 Å². The molecular formula is C5H11CeO2. The van der Waals surface area contributed by atoms with Gasteiger partial charge >= 0.3 is 79.1 Å². The molecule has 0 aromatic heterocycles. The molecule has 0 radical (unpaired) electrons. The second-order valence-corrected chi connectivity index (χ2v) is 2.94. The third-order valence-electron chi connectivity index (χ3n) is 0.768. The molecule has 0 saturated carbocycles. The van der Waals surface area contributed by atoms with Crippen LogP contribution in [0.25, 0.3) is 0 Å². The van der Waals surface area contributed by atoms with E-state index in [1.807, 2.05) is 13.8 Å². The number of rotatable bonds is 3. The van der Waals surface area contributed by atoms with E-state index in [2.05, 4.69) is 0 Å². The van der Waals surface area contributed by atoms with Crippen LogP contribution in [0.15, 0.2) is 0 Å². The third-order valence-corrected chi connectivity index (χ3v) is 2.50. The summed E-state index contributed by atoms with van der Waals surface area (Å²) in [6.07, 6.45) is 0. The predicted octanol–water partition coefficient (Wildman–Crippen LogP) is 0.892. The molecule has 0 saturated heterocycles. The topological polar surface area (TPSA) is 18.5 Å². The van der Waals surface area contributed by atoms with Crippen LogP contribution in [0.1, 0.15) is 13.8 Å². The van der Waals surface area contributed by atoms with Crippen molar-refractivity contribution in [3.63, 3.8) is 0 Å². The van der Waals surface area contributed by atoms with E-state index in [4.69, 9.17) is 5.69 Å². The van der Waals surface area contributed by atoms with Gasteiger partial charge < -0.3 is 0 Å². The van der Waals surface area contributed by atoms with Gasteiger partial charge in [0.05, 0.1) is 0 Å². The monoisotopic (exact) mass is 243 g/mol. The molecule has 0 fully saturated rings. The molecule has 0 aliphatic rings. The van der Waals surface area contributed by atoms with Crippen molar-refractivity contribution in [2.75, 3.05) is 13.7 Å². The van der Waals surface area contributed by atoms with Crippen molar-refractivity contribution in [1.82, 2.24) is 0 Å². The zero-order valence-corrected chi connectivity index (χ0v) is 8.66. The Morgan fingerprint density at radius 1 is 1.50 bits per heavy atom. The van der Waals surface area contributed by atoms with Crippen molar-refractivity contribution in [3.8, 4) is 0 Å². The van der Waals surface area contributed by atoms with Crippen molar-refractivity contribution >= 4 is 0 Å². The Morgan fingerprint density at radius 2 is 2.00 bits per heavy atom. The van der Waals surface area contributed by atoms with E-state index in [1.54, 1.807) is 7.11 Å². The maximum absolute atomic E-state index is 5.19. The van der Waals surface area contributed by atoms with E-state index in [0.717, 1.165) is 40.2 Å². The molecule has 2 nitrogen and oxygen atoms in total. The fourth-order valence-electron chi connectivity index (χ4n) is 0.377. The molecule has 47 valence electrons. The summed E-state index contributed by atoms with van der Waals surface area (Å²) in [5.41, 5.74) is -0.0685. The maximum atomic E-state index is 5.19. The average Bonchev–Trinajstić information content (AvgIpc) is 1.67. The van der Waals surface area contributed by atoms with Crippen molar-refractivity contribution in [1.29, 1.82) is 0 Å². The van der Waals surface area contributed by atoms with Crippen LogP contribution in [-0.2, 0) is 5.69 Å². The molecule has 0 bridgehead atoms. The zero-order chi connectivity index (χ0) is 6.62. The van der Waals surface area contributed by atoms with Gasteiger partial charge in [0.15, 0.2) is 0 Å². The molecular weight excluding hydrogens is 232 g/mol. The first-order valence-electron chi connectivity index (χ1n) is 2.46. The zero-order valence-electron chi connectivity index (χ0n) is 5.52. The van der Waals surface area contributed by atoms with Crippen molar-refractivity contribution in [2.45, 2.75) is 19.4 Å². The summed E-state index contributed by atoms with van der Waals surface area (Å²) in [6, 6.07) is 0. The minimum absolute atomic E-state index is 0.0685. The number of methoxy groups -OCH3 is 1. The van der Waals surface area contributed by atoms with Crippen LogP contribution < -0.4 is 0 Å². The molecule has 0 aromatic carbocycles. The summed E-state index contributed by atoms with van der Waals surface area (Å²) in [5.74, 6) is 0. The average molecular weight is 243 g/mol. The Hall–Kier alpha value is 1.30. The van der Waals surface area contributed by atoms with Gasteiger partial charge in [-0.25, -0.2) is 0 Å². The van der Waals surface area contributed by atoms with E-state index in [-0.39, 0.29) is 5.60 Å². The second-order valence-electron chi connectivity index (χ2n) is 2.29. The first kappa shape index (κ1) is 9.30. The Labute approximate surface area is 78.3 Å². The third kappa shape index (κ3) is 4.20. The number of ether oxygens (including phenoxy) is 1. The van der Waals surface area contributed by atoms with Crippen molar-refractivity contribution in [2.24, 2.45) is 0 Å². The summed E-state index contributed by atoms with van der Waals surface area (Å²) in [5, 5.41) is 0. The Balaban J connectivity index is 3.37. The van der Waals surface area contributed by atoms with Crippen LogP contribution in [0.2, 0.25) is 0 Å². The molecule has 0 rings (SSSR count). The molecule has 0 aliphatic carbocycles. The van der Waals surface area contributed by atoms with Crippen molar-refractivity contribution < 1.29 is 45.9 Å². The molecule has 0 heterocycles. The quantitative estimate of drug-likeness (QED) is 0.733. The SMILES string of the molecule is COCC(C)(C)[O][Ce]. The first-order chi connectivity index (χ1) is 3.62. The summed E-state index contributed by atoms with van der Waals surface area (Å²) < 4.78 is 10.1. The van der Waals surface area contributed by atoms with Crippen LogP contribution in [0.3, 0.4) is 0 Å². The molecule has 0 spiro atoms. The number of hydrogen-bond acceptors (Lipinski definition) is 2. The van der Waals surface area contributed by atoms with E-state index in [0.29, 0.717) is 6.61 Å². The van der Waals surface area contributed by atoms with Crippen LogP contribution in [0.4, 0.5) is 0 Å². The van der Waals surface area contributed by atoms with Gasteiger partial charge in [-0.05, 0) is 0 Å². The van der Waals surface area contributed by atoms with Crippen LogP contribution in [0.5, 0.6) is 0 Å². The van der Waals surface area contributed by atoms with Crippen molar-refractivity contribution in [3.05, 3.63) is 0 Å². The van der Waals surface area contributed by atoms with E-state index in [9.17, 15) is 0 Å². The van der Waals surface area contributed by atoms with E-state index < -0.39 is 0 Å². The van der Waals surface area contributed by atoms with E-state index in [1.165, 1.54) is 0 Å². The van der Waals surface area contributed by atoms with E-state index >= 15 is 0 Å². The summed E-state index contributed by atoms with van der Waals surface area (Å²) >= 11 is 0.782. The Kier molecular flexibility index (Phi) is 4.84. The summed E-state index contributed by atoms with van der Waals surface area (Å²) in [7, 11) is 1.68. The molecule has 0 aromatic rings. The van der Waals surface area contributed by atoms with Crippen LogP contribution in [0, 0.1) is 40.2 Å². The van der Waals surface area contributed by atoms with Crippen LogP contribution in [-0.4, -0.2) is 19.3 Å². The molecule has 0 N–H and O–H groups in total. The van der Waals surface area contributed by atoms with Gasteiger partial charge in [-0.1, -0.05) is 0 Å². The summed E-state index contributed by atoms with van der Waals surface area (Å²) in [6.45, 7) is 4.71. The molecule has 3 heteroatoms. The fourth-order valence-corrected chi connectivity index (χ4v) is 0.562. The Bertz CT molecular complexity index is 63.4. The molecule has 8 heavy (non-hydrogen) atoms.